The van der Waals surface area contributed by atoms with Crippen LogP contribution < -0.4 is 10.6 Å². The van der Waals surface area contributed by atoms with Gasteiger partial charge in [0.2, 0.25) is 11.8 Å². The van der Waals surface area contributed by atoms with E-state index < -0.39 is 63.0 Å². The smallest absolute Gasteiger partial charge is 0.243 e. The Labute approximate surface area is 282 Å². The number of hydrogen-bond acceptors (Lipinski definition) is 10. The topological polar surface area (TPSA) is 164 Å². The number of aromatic nitrogens is 1. The van der Waals surface area contributed by atoms with Crippen LogP contribution in [0.5, 0.6) is 0 Å². The average molecular weight is 694 g/mol. The van der Waals surface area contributed by atoms with Crippen molar-refractivity contribution >= 4 is 33.0 Å². The van der Waals surface area contributed by atoms with Crippen LogP contribution in [0.15, 0.2) is 41.2 Å². The van der Waals surface area contributed by atoms with Crippen molar-refractivity contribution in [2.24, 2.45) is 17.8 Å². The molecule has 0 spiro atoms. The fourth-order valence-electron chi connectivity index (χ4n) is 6.83. The zero-order valence-electron chi connectivity index (χ0n) is 27.6. The van der Waals surface area contributed by atoms with Gasteiger partial charge < -0.3 is 30.3 Å². The van der Waals surface area contributed by atoms with Crippen molar-refractivity contribution in [3.05, 3.63) is 52.5 Å². The first kappa shape index (κ1) is 37.4. The summed E-state index contributed by atoms with van der Waals surface area (Å²) in [6.45, 7) is 3.82. The summed E-state index contributed by atoms with van der Waals surface area (Å²) in [7, 11) is -2.29. The highest BCUT2D eigenvalue weighted by atomic mass is 32.2. The molecule has 2 aliphatic rings. The molecular formula is C34H51N3O8S2. The Hall–Kier alpha value is -2.42. The number of ether oxygens (including phenoxy) is 2. The molecule has 0 saturated heterocycles. The standard InChI is InChI=1S/C34H51N3O8S2/c1-22(2)16-28(38)31(39)26(17-23-10-6-4-7-11-23)36-33(40)27(18-25-19-46-20-35-25)37-34(41)30-29(24-12-8-5-9-13-24)32(30)47(42,43)15-14-45-21-44-3/h5,8-9,12-13,19-20,22-23,26-32,38-39H,4,6-7,10-11,14-18,21H2,1-3H3,(H,36,40)(H,37,41)/t26-,27-,28-,29-,30-,31+,32-/m0/s1. The predicted molar refractivity (Wildman–Crippen MR) is 180 cm³/mol. The van der Waals surface area contributed by atoms with Gasteiger partial charge in [-0.3, -0.25) is 9.59 Å². The number of carbonyl (C=O) groups excluding carboxylic acids is 2. The van der Waals surface area contributed by atoms with Crippen molar-refractivity contribution in [2.45, 2.75) is 101 Å². The van der Waals surface area contributed by atoms with Crippen LogP contribution in [-0.4, -0.2) is 91.2 Å². The first-order valence-electron chi connectivity index (χ1n) is 16.7. The predicted octanol–water partition coefficient (Wildman–Crippen LogP) is 3.21. The summed E-state index contributed by atoms with van der Waals surface area (Å²) in [6, 6.07) is 7.26. The van der Waals surface area contributed by atoms with E-state index in [1.54, 1.807) is 35.2 Å². The van der Waals surface area contributed by atoms with Crippen molar-refractivity contribution in [1.82, 2.24) is 15.6 Å². The molecule has 1 aromatic heterocycles. The summed E-state index contributed by atoms with van der Waals surface area (Å²) in [5.41, 5.74) is 2.98. The maximum Gasteiger partial charge on any atom is 0.243 e. The summed E-state index contributed by atoms with van der Waals surface area (Å²) in [6.07, 6.45) is 4.11. The van der Waals surface area contributed by atoms with Crippen molar-refractivity contribution in [3.63, 3.8) is 0 Å². The van der Waals surface area contributed by atoms with Gasteiger partial charge in [-0.15, -0.1) is 11.3 Å². The van der Waals surface area contributed by atoms with Gasteiger partial charge in [-0.1, -0.05) is 76.3 Å². The highest BCUT2D eigenvalue weighted by Gasteiger charge is 2.62. The molecule has 2 fully saturated rings. The van der Waals surface area contributed by atoms with Gasteiger partial charge in [-0.2, -0.15) is 0 Å². The lowest BCUT2D eigenvalue weighted by molar-refractivity contribution is -0.131. The van der Waals surface area contributed by atoms with Gasteiger partial charge in [0, 0.05) is 24.8 Å². The third kappa shape index (κ3) is 10.8. The molecule has 47 heavy (non-hydrogen) atoms. The number of carbonyl (C=O) groups is 2. The van der Waals surface area contributed by atoms with Crippen LogP contribution in [0.3, 0.4) is 0 Å². The second-order valence-corrected chi connectivity index (χ2v) is 16.4. The molecule has 2 saturated carbocycles. The summed E-state index contributed by atoms with van der Waals surface area (Å²) >= 11 is 1.37. The van der Waals surface area contributed by atoms with E-state index in [1.165, 1.54) is 18.4 Å². The number of nitrogens with one attached hydrogen (secondary N) is 2. The molecule has 2 aliphatic carbocycles. The first-order chi connectivity index (χ1) is 22.5. The number of hydrogen-bond donors (Lipinski definition) is 4. The molecule has 0 unspecified atom stereocenters. The largest absolute Gasteiger partial charge is 0.390 e. The Morgan fingerprint density at radius 1 is 1.09 bits per heavy atom. The molecule has 2 aromatic rings. The lowest BCUT2D eigenvalue weighted by Gasteiger charge is -2.33. The van der Waals surface area contributed by atoms with Crippen molar-refractivity contribution < 1.29 is 37.7 Å². The zero-order chi connectivity index (χ0) is 34.0. The van der Waals surface area contributed by atoms with Crippen LogP contribution in [0.1, 0.15) is 76.0 Å². The summed E-state index contributed by atoms with van der Waals surface area (Å²) < 4.78 is 37.0. The Kier molecular flexibility index (Phi) is 14.2. The lowest BCUT2D eigenvalue weighted by atomic mass is 9.82. The number of aliphatic hydroxyl groups excluding tert-OH is 2. The monoisotopic (exact) mass is 693 g/mol. The van der Waals surface area contributed by atoms with E-state index in [0.29, 0.717) is 24.5 Å². The SMILES string of the molecule is COCOCCS(=O)(=O)[C@@H]1[C@@H](C(=O)N[C@@H](Cc2cscn2)C(=O)N[C@@H](CC2CCCCC2)[C@@H](O)[C@@H](O)CC(C)C)[C@@H]1c1ccccc1. The highest BCUT2D eigenvalue weighted by Crippen LogP contribution is 2.52. The first-order valence-corrected chi connectivity index (χ1v) is 19.3. The van der Waals surface area contributed by atoms with Crippen LogP contribution in [-0.2, 0) is 35.3 Å². The van der Waals surface area contributed by atoms with Gasteiger partial charge in [0.25, 0.3) is 0 Å². The summed E-state index contributed by atoms with van der Waals surface area (Å²) in [5.74, 6) is -2.33. The fraction of sp³-hybridized carbons (Fsp3) is 0.676. The Morgan fingerprint density at radius 2 is 1.81 bits per heavy atom. The minimum atomic E-state index is -3.74. The van der Waals surface area contributed by atoms with Crippen LogP contribution >= 0.6 is 11.3 Å². The molecular weight excluding hydrogens is 643 g/mol. The molecule has 7 atom stereocenters. The molecule has 4 rings (SSSR count). The van der Waals surface area contributed by atoms with E-state index in [-0.39, 0.29) is 31.5 Å². The van der Waals surface area contributed by atoms with Gasteiger partial charge in [0.1, 0.15) is 18.9 Å². The quantitative estimate of drug-likeness (QED) is 0.128. The Bertz CT molecular complexity index is 1350. The third-order valence-corrected chi connectivity index (χ3v) is 12.0. The van der Waals surface area contributed by atoms with Crippen LogP contribution in [0, 0.1) is 17.8 Å². The number of sulfone groups is 1. The van der Waals surface area contributed by atoms with E-state index in [0.717, 1.165) is 37.7 Å². The van der Waals surface area contributed by atoms with E-state index in [9.17, 15) is 28.2 Å². The van der Waals surface area contributed by atoms with E-state index in [4.69, 9.17) is 9.47 Å². The fourth-order valence-corrected chi connectivity index (χ4v) is 9.45. The number of aliphatic hydroxyl groups is 2. The lowest BCUT2D eigenvalue weighted by Crippen LogP contribution is -2.56. The molecule has 4 N–H and O–H groups in total. The van der Waals surface area contributed by atoms with Gasteiger partial charge in [-0.25, -0.2) is 13.4 Å². The van der Waals surface area contributed by atoms with Crippen LogP contribution in [0.2, 0.25) is 0 Å². The number of methoxy groups -OCH3 is 1. The second kappa shape index (κ2) is 17.8. The molecule has 0 radical (unpaired) electrons. The van der Waals surface area contributed by atoms with Crippen LogP contribution in [0.25, 0.3) is 0 Å². The van der Waals surface area contributed by atoms with Gasteiger partial charge >= 0.3 is 0 Å². The molecule has 0 bridgehead atoms. The number of nitrogens with zero attached hydrogens (tertiary/aromatic N) is 1. The molecule has 2 amide bonds. The maximum atomic E-state index is 14.0. The molecule has 13 heteroatoms. The number of amides is 2. The van der Waals surface area contributed by atoms with E-state index in [2.05, 4.69) is 15.6 Å². The Morgan fingerprint density at radius 3 is 2.45 bits per heavy atom. The van der Waals surface area contributed by atoms with E-state index >= 15 is 0 Å². The second-order valence-electron chi connectivity index (χ2n) is 13.4. The molecule has 11 nitrogen and oxygen atoms in total. The number of benzene rings is 1. The van der Waals surface area contributed by atoms with Gasteiger partial charge in [0.15, 0.2) is 9.84 Å². The van der Waals surface area contributed by atoms with Crippen LogP contribution in [0.4, 0.5) is 0 Å². The average Bonchev–Trinajstić information content (AvgIpc) is 3.62. The van der Waals surface area contributed by atoms with Gasteiger partial charge in [-0.05, 0) is 30.2 Å². The minimum absolute atomic E-state index is 0.0371. The van der Waals surface area contributed by atoms with Crippen molar-refractivity contribution in [2.75, 3.05) is 26.3 Å². The van der Waals surface area contributed by atoms with Gasteiger partial charge in [0.05, 0.1) is 46.9 Å². The number of rotatable bonds is 19. The van der Waals surface area contributed by atoms with Crippen molar-refractivity contribution in [3.8, 4) is 0 Å². The number of thiazole rings is 1. The zero-order valence-corrected chi connectivity index (χ0v) is 29.3. The summed E-state index contributed by atoms with van der Waals surface area (Å²) in [5, 5.41) is 28.8. The molecule has 0 aliphatic heterocycles. The molecule has 1 heterocycles. The Balaban J connectivity index is 1.54. The maximum absolute atomic E-state index is 14.0. The van der Waals surface area contributed by atoms with E-state index in [1.807, 2.05) is 19.9 Å². The third-order valence-electron chi connectivity index (χ3n) is 9.26. The molecule has 1 aromatic carbocycles. The highest BCUT2D eigenvalue weighted by molar-refractivity contribution is 7.92. The van der Waals surface area contributed by atoms with Crippen molar-refractivity contribution in [1.29, 1.82) is 0 Å². The normalized spacial score (nSPS) is 22.7. The summed E-state index contributed by atoms with van der Waals surface area (Å²) in [4.78, 5) is 32.2. The minimum Gasteiger partial charge on any atom is -0.390 e. The molecule has 262 valence electrons.